The topological polar surface area (TPSA) is 72.7 Å². The number of anilines is 1. The van der Waals surface area contributed by atoms with Gasteiger partial charge in [-0.2, -0.15) is 0 Å². The fourth-order valence-electron chi connectivity index (χ4n) is 2.84. The molecule has 0 saturated heterocycles. The van der Waals surface area contributed by atoms with Gasteiger partial charge in [0.2, 0.25) is 5.91 Å². The van der Waals surface area contributed by atoms with Crippen molar-refractivity contribution in [3.05, 3.63) is 90.4 Å². The number of hydrogen-bond donors (Lipinski definition) is 1. The molecule has 4 aromatic rings. The second-order valence-corrected chi connectivity index (χ2v) is 7.38. The minimum Gasteiger partial charge on any atom is -0.325 e. The summed E-state index contributed by atoms with van der Waals surface area (Å²) in [4.78, 5) is 16.7. The summed E-state index contributed by atoms with van der Waals surface area (Å²) < 4.78 is 15.2. The quantitative estimate of drug-likeness (QED) is 0.453. The van der Waals surface area contributed by atoms with Crippen LogP contribution in [0.4, 0.5) is 10.1 Å². The molecule has 2 aromatic carbocycles. The summed E-state index contributed by atoms with van der Waals surface area (Å²) in [7, 11) is 0. The number of thioether (sulfide) groups is 1. The van der Waals surface area contributed by atoms with Gasteiger partial charge in [0.25, 0.3) is 0 Å². The van der Waals surface area contributed by atoms with E-state index in [1.54, 1.807) is 18.3 Å². The number of hydrogen-bond acceptors (Lipinski definition) is 5. The van der Waals surface area contributed by atoms with Gasteiger partial charge in [-0.15, -0.1) is 10.2 Å². The highest BCUT2D eigenvalue weighted by molar-refractivity contribution is 7.99. The lowest BCUT2D eigenvalue weighted by Gasteiger charge is -2.10. The molecule has 2 aromatic heterocycles. The van der Waals surface area contributed by atoms with Crippen LogP contribution in [0.3, 0.4) is 0 Å². The lowest BCUT2D eigenvalue weighted by Crippen LogP contribution is -2.14. The molecule has 0 aliphatic rings. The Bertz CT molecular complexity index is 1120. The predicted octanol–water partition coefficient (Wildman–Crippen LogP) is 4.26. The minimum atomic E-state index is -0.292. The maximum Gasteiger partial charge on any atom is 0.234 e. The molecular formula is C22H18FN5OS. The molecule has 0 saturated carbocycles. The normalized spacial score (nSPS) is 10.7. The molecule has 8 heteroatoms. The van der Waals surface area contributed by atoms with Crippen molar-refractivity contribution in [1.82, 2.24) is 19.7 Å². The summed E-state index contributed by atoms with van der Waals surface area (Å²) in [5.41, 5.74) is 2.31. The third-order valence-electron chi connectivity index (χ3n) is 4.25. The van der Waals surface area contributed by atoms with E-state index in [9.17, 15) is 9.18 Å². The summed E-state index contributed by atoms with van der Waals surface area (Å²) >= 11 is 1.29. The van der Waals surface area contributed by atoms with Crippen LogP contribution in [0.5, 0.6) is 0 Å². The second-order valence-electron chi connectivity index (χ2n) is 6.44. The Morgan fingerprint density at radius 1 is 0.967 bits per heavy atom. The maximum absolute atomic E-state index is 13.3. The number of carbonyl (C=O) groups is 1. The lowest BCUT2D eigenvalue weighted by molar-refractivity contribution is -0.113. The van der Waals surface area contributed by atoms with E-state index in [0.717, 1.165) is 11.3 Å². The van der Waals surface area contributed by atoms with E-state index in [1.807, 2.05) is 53.1 Å². The highest BCUT2D eigenvalue weighted by Gasteiger charge is 2.17. The van der Waals surface area contributed by atoms with Crippen LogP contribution in [-0.2, 0) is 11.3 Å². The van der Waals surface area contributed by atoms with Gasteiger partial charge in [-0.1, -0.05) is 48.2 Å². The summed E-state index contributed by atoms with van der Waals surface area (Å²) in [5, 5.41) is 12.0. The van der Waals surface area contributed by atoms with Gasteiger partial charge in [0, 0.05) is 11.9 Å². The smallest absolute Gasteiger partial charge is 0.234 e. The highest BCUT2D eigenvalue weighted by atomic mass is 32.2. The Balaban J connectivity index is 1.55. The van der Waals surface area contributed by atoms with Crippen LogP contribution in [0, 0.1) is 5.82 Å². The third-order valence-corrected chi connectivity index (χ3v) is 5.22. The molecule has 0 bridgehead atoms. The predicted molar refractivity (Wildman–Crippen MR) is 115 cm³/mol. The van der Waals surface area contributed by atoms with Gasteiger partial charge in [-0.3, -0.25) is 14.3 Å². The molecule has 0 aliphatic heterocycles. The van der Waals surface area contributed by atoms with Gasteiger partial charge in [0.05, 0.1) is 12.3 Å². The van der Waals surface area contributed by atoms with Crippen LogP contribution in [0.15, 0.2) is 84.1 Å². The van der Waals surface area contributed by atoms with Crippen LogP contribution < -0.4 is 5.32 Å². The van der Waals surface area contributed by atoms with Crippen LogP contribution in [0.2, 0.25) is 0 Å². The molecule has 150 valence electrons. The van der Waals surface area contributed by atoms with Gasteiger partial charge in [-0.25, -0.2) is 4.39 Å². The molecule has 0 aliphatic carbocycles. The van der Waals surface area contributed by atoms with E-state index in [1.165, 1.54) is 23.9 Å². The number of rotatable bonds is 7. The fraction of sp³-hybridized carbons (Fsp3) is 0.0909. The largest absolute Gasteiger partial charge is 0.325 e. The third kappa shape index (κ3) is 4.90. The average molecular weight is 419 g/mol. The molecule has 1 N–H and O–H groups in total. The first-order valence-corrected chi connectivity index (χ1v) is 10.2. The Kier molecular flexibility index (Phi) is 6.14. The average Bonchev–Trinajstić information content (AvgIpc) is 3.17. The monoisotopic (exact) mass is 419 g/mol. The van der Waals surface area contributed by atoms with Gasteiger partial charge >= 0.3 is 0 Å². The molecule has 0 unspecified atom stereocenters. The minimum absolute atomic E-state index is 0.137. The van der Waals surface area contributed by atoms with Gasteiger partial charge in [0.1, 0.15) is 11.5 Å². The molecule has 1 amide bonds. The Labute approximate surface area is 177 Å². The lowest BCUT2D eigenvalue weighted by atomic mass is 10.2. The number of aromatic nitrogens is 4. The second kappa shape index (κ2) is 9.32. The first-order valence-electron chi connectivity index (χ1n) is 9.26. The molecule has 0 radical (unpaired) electrons. The van der Waals surface area contributed by atoms with E-state index in [-0.39, 0.29) is 17.5 Å². The molecule has 0 fully saturated rings. The zero-order valence-electron chi connectivity index (χ0n) is 15.9. The highest BCUT2D eigenvalue weighted by Crippen LogP contribution is 2.24. The standard InChI is InChI=1S/C22H18FN5OS/c23-17-11-9-16(10-12-17)14-28-21(19-8-4-5-13-24-19)26-27-22(28)30-15-20(29)25-18-6-2-1-3-7-18/h1-13H,14-15H2,(H,25,29). The van der Waals surface area contributed by atoms with Crippen LogP contribution in [0.1, 0.15) is 5.56 Å². The maximum atomic E-state index is 13.3. The number of para-hydroxylation sites is 1. The molecule has 30 heavy (non-hydrogen) atoms. The molecule has 0 spiro atoms. The number of nitrogens with zero attached hydrogens (tertiary/aromatic N) is 4. The number of benzene rings is 2. The summed E-state index contributed by atoms with van der Waals surface area (Å²) in [6.07, 6.45) is 1.69. The van der Waals surface area contributed by atoms with Crippen molar-refractivity contribution in [3.8, 4) is 11.5 Å². The zero-order chi connectivity index (χ0) is 20.8. The van der Waals surface area contributed by atoms with Crippen LogP contribution >= 0.6 is 11.8 Å². The van der Waals surface area contributed by atoms with Gasteiger partial charge in [-0.05, 0) is 42.0 Å². The number of carbonyl (C=O) groups excluding carboxylic acids is 1. The Morgan fingerprint density at radius 3 is 2.47 bits per heavy atom. The molecule has 6 nitrogen and oxygen atoms in total. The van der Waals surface area contributed by atoms with Crippen molar-refractivity contribution in [3.63, 3.8) is 0 Å². The van der Waals surface area contributed by atoms with Crippen molar-refractivity contribution >= 4 is 23.4 Å². The SMILES string of the molecule is O=C(CSc1nnc(-c2ccccn2)n1Cc1ccc(F)cc1)Nc1ccccc1. The van der Waals surface area contributed by atoms with Crippen molar-refractivity contribution < 1.29 is 9.18 Å². The number of nitrogens with one attached hydrogen (secondary N) is 1. The summed E-state index contributed by atoms with van der Waals surface area (Å²) in [6, 6.07) is 21.1. The van der Waals surface area contributed by atoms with Gasteiger partial charge in [0.15, 0.2) is 11.0 Å². The first-order chi connectivity index (χ1) is 14.7. The van der Waals surface area contributed by atoms with E-state index in [4.69, 9.17) is 0 Å². The van der Waals surface area contributed by atoms with E-state index in [2.05, 4.69) is 20.5 Å². The summed E-state index contributed by atoms with van der Waals surface area (Å²) in [6.45, 7) is 0.432. The van der Waals surface area contributed by atoms with Gasteiger partial charge < -0.3 is 5.32 Å². The van der Waals surface area contributed by atoms with E-state index in [0.29, 0.717) is 23.2 Å². The van der Waals surface area contributed by atoms with E-state index >= 15 is 0 Å². The number of halogens is 1. The van der Waals surface area contributed by atoms with Crippen molar-refractivity contribution in [1.29, 1.82) is 0 Å². The van der Waals surface area contributed by atoms with Crippen LogP contribution in [0.25, 0.3) is 11.5 Å². The number of pyridine rings is 1. The zero-order valence-corrected chi connectivity index (χ0v) is 16.7. The first kappa shape index (κ1) is 19.8. The van der Waals surface area contributed by atoms with Crippen molar-refractivity contribution in [2.45, 2.75) is 11.7 Å². The van der Waals surface area contributed by atoms with E-state index < -0.39 is 0 Å². The fourth-order valence-corrected chi connectivity index (χ4v) is 3.58. The van der Waals surface area contributed by atoms with Crippen molar-refractivity contribution in [2.75, 3.05) is 11.1 Å². The Hall–Kier alpha value is -3.52. The molecule has 2 heterocycles. The number of amides is 1. The molecular weight excluding hydrogens is 401 g/mol. The summed E-state index contributed by atoms with van der Waals surface area (Å²) in [5.74, 6) is 0.339. The molecule has 4 rings (SSSR count). The molecule has 0 atom stereocenters. The van der Waals surface area contributed by atoms with Crippen LogP contribution in [-0.4, -0.2) is 31.4 Å². The Morgan fingerprint density at radius 2 is 1.73 bits per heavy atom. The van der Waals surface area contributed by atoms with Crippen molar-refractivity contribution in [2.24, 2.45) is 0 Å².